The molecule has 4 heteroatoms. The number of rotatable bonds is 5. The Morgan fingerprint density at radius 1 is 1.08 bits per heavy atom. The first-order chi connectivity index (χ1) is 12.2. The Morgan fingerprint density at radius 2 is 1.80 bits per heavy atom. The summed E-state index contributed by atoms with van der Waals surface area (Å²) in [6, 6.07) is 17.8. The molecule has 2 aromatic rings. The highest BCUT2D eigenvalue weighted by molar-refractivity contribution is 5.75. The van der Waals surface area contributed by atoms with Crippen LogP contribution in [0.5, 0.6) is 0 Å². The van der Waals surface area contributed by atoms with Crippen LogP contribution in [0.25, 0.3) is 0 Å². The van der Waals surface area contributed by atoms with Crippen LogP contribution in [0, 0.1) is 5.92 Å². The van der Waals surface area contributed by atoms with Crippen molar-refractivity contribution in [1.29, 1.82) is 0 Å². The van der Waals surface area contributed by atoms with Crippen LogP contribution in [0.1, 0.15) is 35.6 Å². The first-order valence-corrected chi connectivity index (χ1v) is 9.07. The van der Waals surface area contributed by atoms with Crippen LogP contribution in [0.4, 0.5) is 4.79 Å². The number of nitrogens with one attached hydrogen (secondary N) is 2. The average molecular weight is 336 g/mol. The minimum atomic E-state index is -0.559. The molecule has 4 nitrogen and oxygen atoms in total. The number of urea groups is 1. The summed E-state index contributed by atoms with van der Waals surface area (Å²) in [7, 11) is 0. The highest BCUT2D eigenvalue weighted by atomic mass is 16.3. The quantitative estimate of drug-likeness (QED) is 0.786. The molecule has 2 amide bonds. The topological polar surface area (TPSA) is 61.4 Å². The molecule has 0 aromatic heterocycles. The van der Waals surface area contributed by atoms with Gasteiger partial charge in [-0.25, -0.2) is 4.79 Å². The molecule has 2 aliphatic carbocycles. The van der Waals surface area contributed by atoms with Crippen LogP contribution in [0.2, 0.25) is 0 Å². The Bertz CT molecular complexity index is 743. The SMILES string of the molecule is O=C(NC(Cc1ccccc1)C1CC1)N[C@H]1c2ccccc2C[C@H]1O. The second-order valence-corrected chi connectivity index (χ2v) is 7.20. The molecule has 25 heavy (non-hydrogen) atoms. The van der Waals surface area contributed by atoms with E-state index >= 15 is 0 Å². The number of aliphatic hydroxyl groups excluding tert-OH is 1. The van der Waals surface area contributed by atoms with E-state index in [4.69, 9.17) is 0 Å². The molecule has 1 fully saturated rings. The molecule has 0 bridgehead atoms. The monoisotopic (exact) mass is 336 g/mol. The Kier molecular flexibility index (Phi) is 4.45. The Balaban J connectivity index is 1.41. The molecule has 1 unspecified atom stereocenters. The molecule has 130 valence electrons. The van der Waals surface area contributed by atoms with Gasteiger partial charge in [0, 0.05) is 12.5 Å². The van der Waals surface area contributed by atoms with Gasteiger partial charge in [0.15, 0.2) is 0 Å². The fraction of sp³-hybridized carbons (Fsp3) is 0.381. The van der Waals surface area contributed by atoms with Crippen molar-refractivity contribution in [2.75, 3.05) is 0 Å². The Morgan fingerprint density at radius 3 is 2.56 bits per heavy atom. The van der Waals surface area contributed by atoms with Gasteiger partial charge in [0.05, 0.1) is 12.1 Å². The third-order valence-electron chi connectivity index (χ3n) is 5.30. The average Bonchev–Trinajstić information content (AvgIpc) is 3.41. The number of benzene rings is 2. The van der Waals surface area contributed by atoms with Gasteiger partial charge in [-0.1, -0.05) is 54.6 Å². The molecule has 0 aliphatic heterocycles. The molecule has 3 atom stereocenters. The minimum absolute atomic E-state index is 0.149. The maximum Gasteiger partial charge on any atom is 0.315 e. The maximum absolute atomic E-state index is 12.6. The first kappa shape index (κ1) is 16.2. The summed E-state index contributed by atoms with van der Waals surface area (Å²) in [6.45, 7) is 0. The fourth-order valence-corrected chi connectivity index (χ4v) is 3.80. The number of hydrogen-bond acceptors (Lipinski definition) is 2. The van der Waals surface area contributed by atoms with Crippen molar-refractivity contribution < 1.29 is 9.90 Å². The number of carbonyl (C=O) groups is 1. The summed E-state index contributed by atoms with van der Waals surface area (Å²) in [6.07, 6.45) is 3.23. The van der Waals surface area contributed by atoms with Gasteiger partial charge in [-0.15, -0.1) is 0 Å². The lowest BCUT2D eigenvalue weighted by molar-refractivity contribution is 0.141. The van der Waals surface area contributed by atoms with Gasteiger partial charge in [0.25, 0.3) is 0 Å². The van der Waals surface area contributed by atoms with Crippen LogP contribution in [-0.2, 0) is 12.8 Å². The molecule has 3 N–H and O–H groups in total. The van der Waals surface area contributed by atoms with Gasteiger partial charge in [-0.05, 0) is 41.9 Å². The molecule has 2 aliphatic rings. The van der Waals surface area contributed by atoms with E-state index in [2.05, 4.69) is 22.8 Å². The van der Waals surface area contributed by atoms with E-state index in [1.165, 1.54) is 18.4 Å². The second-order valence-electron chi connectivity index (χ2n) is 7.20. The van der Waals surface area contributed by atoms with Crippen LogP contribution < -0.4 is 10.6 Å². The molecule has 1 saturated carbocycles. The van der Waals surface area contributed by atoms with Crippen molar-refractivity contribution in [2.45, 2.75) is 43.9 Å². The predicted molar refractivity (Wildman–Crippen MR) is 97.2 cm³/mol. The van der Waals surface area contributed by atoms with Gasteiger partial charge < -0.3 is 15.7 Å². The lowest BCUT2D eigenvalue weighted by Crippen LogP contribution is -2.46. The van der Waals surface area contributed by atoms with E-state index in [1.807, 2.05) is 42.5 Å². The van der Waals surface area contributed by atoms with E-state index < -0.39 is 6.10 Å². The highest BCUT2D eigenvalue weighted by Gasteiger charge is 2.35. The van der Waals surface area contributed by atoms with E-state index in [-0.39, 0.29) is 18.1 Å². The van der Waals surface area contributed by atoms with Crippen LogP contribution in [0.3, 0.4) is 0 Å². The lowest BCUT2D eigenvalue weighted by Gasteiger charge is -2.23. The molecule has 0 spiro atoms. The zero-order valence-electron chi connectivity index (χ0n) is 14.2. The van der Waals surface area contributed by atoms with Gasteiger partial charge in [-0.2, -0.15) is 0 Å². The van der Waals surface area contributed by atoms with Gasteiger partial charge >= 0.3 is 6.03 Å². The molecule has 0 radical (unpaired) electrons. The zero-order valence-corrected chi connectivity index (χ0v) is 14.2. The molecule has 0 saturated heterocycles. The predicted octanol–water partition coefficient (Wildman–Crippen LogP) is 2.97. The number of hydrogen-bond donors (Lipinski definition) is 3. The fourth-order valence-electron chi connectivity index (χ4n) is 3.80. The number of aliphatic hydroxyl groups is 1. The molecule has 2 aromatic carbocycles. The molecular formula is C21H24N2O2. The smallest absolute Gasteiger partial charge is 0.315 e. The van der Waals surface area contributed by atoms with Crippen molar-refractivity contribution in [1.82, 2.24) is 10.6 Å². The number of fused-ring (bicyclic) bond motifs is 1. The van der Waals surface area contributed by atoms with Crippen LogP contribution in [0.15, 0.2) is 54.6 Å². The number of amides is 2. The van der Waals surface area contributed by atoms with E-state index in [0.717, 1.165) is 17.5 Å². The summed E-state index contributed by atoms with van der Waals surface area (Å²) in [5.41, 5.74) is 3.38. The van der Waals surface area contributed by atoms with Gasteiger partial charge in [0.2, 0.25) is 0 Å². The lowest BCUT2D eigenvalue weighted by atomic mass is 10.0. The third-order valence-corrected chi connectivity index (χ3v) is 5.30. The molecule has 4 rings (SSSR count). The first-order valence-electron chi connectivity index (χ1n) is 9.07. The Hall–Kier alpha value is -2.33. The van der Waals surface area contributed by atoms with E-state index in [0.29, 0.717) is 12.3 Å². The third kappa shape index (κ3) is 3.69. The maximum atomic E-state index is 12.6. The molecular weight excluding hydrogens is 312 g/mol. The minimum Gasteiger partial charge on any atom is -0.390 e. The van der Waals surface area contributed by atoms with Crippen molar-refractivity contribution in [2.24, 2.45) is 5.92 Å². The van der Waals surface area contributed by atoms with Crippen molar-refractivity contribution in [3.05, 3.63) is 71.3 Å². The van der Waals surface area contributed by atoms with E-state index in [1.54, 1.807) is 0 Å². The summed E-state index contributed by atoms with van der Waals surface area (Å²) in [5.74, 6) is 0.562. The zero-order chi connectivity index (χ0) is 17.2. The van der Waals surface area contributed by atoms with Gasteiger partial charge in [-0.3, -0.25) is 0 Å². The number of carbonyl (C=O) groups excluding carboxylic acids is 1. The highest BCUT2D eigenvalue weighted by Crippen LogP contribution is 2.34. The van der Waals surface area contributed by atoms with Crippen LogP contribution >= 0.6 is 0 Å². The van der Waals surface area contributed by atoms with E-state index in [9.17, 15) is 9.90 Å². The normalized spacial score (nSPS) is 22.9. The van der Waals surface area contributed by atoms with Crippen molar-refractivity contribution in [3.8, 4) is 0 Å². The van der Waals surface area contributed by atoms with Gasteiger partial charge in [0.1, 0.15) is 0 Å². The summed E-state index contributed by atoms with van der Waals surface area (Å²) < 4.78 is 0. The Labute approximate surface area is 148 Å². The summed E-state index contributed by atoms with van der Waals surface area (Å²) in [4.78, 5) is 12.6. The van der Waals surface area contributed by atoms with Crippen molar-refractivity contribution in [3.63, 3.8) is 0 Å². The standard InChI is InChI=1S/C21H24N2O2/c24-19-13-16-8-4-5-9-17(16)20(19)23-21(25)22-18(15-10-11-15)12-14-6-2-1-3-7-14/h1-9,15,18-20,24H,10-13H2,(H2,22,23,25)/t18?,19-,20+/m1/s1. The summed E-state index contributed by atoms with van der Waals surface area (Å²) >= 11 is 0. The van der Waals surface area contributed by atoms with Crippen molar-refractivity contribution >= 4 is 6.03 Å². The summed E-state index contributed by atoms with van der Waals surface area (Å²) in [5, 5.41) is 16.4. The van der Waals surface area contributed by atoms with Crippen LogP contribution in [-0.4, -0.2) is 23.3 Å². The largest absolute Gasteiger partial charge is 0.390 e. The molecule has 0 heterocycles. The second kappa shape index (κ2) is 6.89.